The summed E-state index contributed by atoms with van der Waals surface area (Å²) in [6, 6.07) is 5.95. The lowest BCUT2D eigenvalue weighted by Gasteiger charge is -2.42. The molecule has 1 saturated heterocycles. The number of rotatable bonds is 12. The highest BCUT2D eigenvalue weighted by Crippen LogP contribution is 2.50. The standard InChI is InChI=1S/C32H42O15/c1-4-16(2)29(40)47-30-25-21(11-23(36)32(25,41)15-44-17(3)34)19(13-42-30)14-43-31-28(27(39)26(38)22(12-33)45-31)46-24(37)10-7-18-5-8-20(35)9-6-18/h5-10,13,16,21-23,25-28,30-31,33,35-36,38-39,41H,4,11-12,14-15H2,1-3H3/b10-7-/t16-,21-,22-,23+,25-,26-,27+,28-,30+,31-,32-/m1/s1. The zero-order valence-corrected chi connectivity index (χ0v) is 26.2. The fourth-order valence-electron chi connectivity index (χ4n) is 5.76. The molecule has 0 aromatic heterocycles. The Morgan fingerprint density at radius 3 is 2.43 bits per heavy atom. The molecule has 15 heteroatoms. The van der Waals surface area contributed by atoms with Gasteiger partial charge in [0.2, 0.25) is 6.29 Å². The van der Waals surface area contributed by atoms with Crippen LogP contribution in [0.2, 0.25) is 0 Å². The smallest absolute Gasteiger partial charge is 0.331 e. The minimum absolute atomic E-state index is 0.0354. The normalized spacial score (nSPS) is 34.1. The fourth-order valence-corrected chi connectivity index (χ4v) is 5.76. The van der Waals surface area contributed by atoms with Crippen LogP contribution in [-0.4, -0.2) is 117 Å². The van der Waals surface area contributed by atoms with Crippen LogP contribution in [0.3, 0.4) is 0 Å². The summed E-state index contributed by atoms with van der Waals surface area (Å²) in [6.45, 7) is 2.95. The van der Waals surface area contributed by atoms with Crippen molar-refractivity contribution in [1.82, 2.24) is 0 Å². The van der Waals surface area contributed by atoms with Gasteiger partial charge in [-0.25, -0.2) is 4.79 Å². The van der Waals surface area contributed by atoms with Crippen molar-refractivity contribution in [2.24, 2.45) is 17.8 Å². The summed E-state index contributed by atoms with van der Waals surface area (Å²) < 4.78 is 33.3. The van der Waals surface area contributed by atoms with Crippen molar-refractivity contribution in [2.45, 2.75) is 82.3 Å². The van der Waals surface area contributed by atoms with Gasteiger partial charge in [0.1, 0.15) is 36.3 Å². The van der Waals surface area contributed by atoms with Gasteiger partial charge in [-0.3, -0.25) is 9.59 Å². The van der Waals surface area contributed by atoms with E-state index in [0.717, 1.165) is 13.0 Å². The molecule has 0 radical (unpaired) electrons. The number of hydrogen-bond acceptors (Lipinski definition) is 15. The minimum atomic E-state index is -2.07. The molecule has 0 spiro atoms. The minimum Gasteiger partial charge on any atom is -0.508 e. The molecule has 3 aliphatic rings. The first-order valence-electron chi connectivity index (χ1n) is 15.3. The third-order valence-electron chi connectivity index (χ3n) is 8.74. The second kappa shape index (κ2) is 15.6. The van der Waals surface area contributed by atoms with Crippen molar-refractivity contribution in [3.05, 3.63) is 47.7 Å². The van der Waals surface area contributed by atoms with E-state index in [-0.39, 0.29) is 18.8 Å². The molecule has 1 aliphatic carbocycles. The number of fused-ring (bicyclic) bond motifs is 1. The van der Waals surface area contributed by atoms with Crippen LogP contribution < -0.4 is 0 Å². The lowest BCUT2D eigenvalue weighted by molar-refractivity contribution is -0.302. The summed E-state index contributed by atoms with van der Waals surface area (Å²) in [5.41, 5.74) is -1.15. The molecule has 0 unspecified atom stereocenters. The van der Waals surface area contributed by atoms with Crippen LogP contribution in [0.25, 0.3) is 6.08 Å². The molecule has 0 amide bonds. The molecule has 260 valence electrons. The largest absolute Gasteiger partial charge is 0.508 e. The third-order valence-corrected chi connectivity index (χ3v) is 8.74. The van der Waals surface area contributed by atoms with Crippen LogP contribution in [0, 0.1) is 17.8 Å². The molecule has 2 fully saturated rings. The molecule has 2 heterocycles. The Bertz CT molecular complexity index is 1310. The molecule has 15 nitrogen and oxygen atoms in total. The predicted octanol–water partition coefficient (Wildman–Crippen LogP) is -0.106. The molecule has 0 bridgehead atoms. The van der Waals surface area contributed by atoms with Crippen molar-refractivity contribution in [3.63, 3.8) is 0 Å². The van der Waals surface area contributed by atoms with Crippen LogP contribution in [0.1, 0.15) is 39.2 Å². The Balaban J connectivity index is 1.54. The van der Waals surface area contributed by atoms with Crippen molar-refractivity contribution in [3.8, 4) is 5.75 Å². The first-order chi connectivity index (χ1) is 22.3. The van der Waals surface area contributed by atoms with Crippen molar-refractivity contribution < 1.29 is 73.4 Å². The van der Waals surface area contributed by atoms with Crippen LogP contribution >= 0.6 is 0 Å². The molecular formula is C32H42O15. The Morgan fingerprint density at radius 2 is 1.79 bits per heavy atom. The molecule has 47 heavy (non-hydrogen) atoms. The highest BCUT2D eigenvalue weighted by molar-refractivity contribution is 5.87. The van der Waals surface area contributed by atoms with Crippen LogP contribution in [-0.2, 0) is 42.8 Å². The molecule has 1 saturated carbocycles. The zero-order valence-electron chi connectivity index (χ0n) is 26.2. The van der Waals surface area contributed by atoms with Crippen LogP contribution in [0.4, 0.5) is 0 Å². The van der Waals surface area contributed by atoms with Gasteiger partial charge in [-0.05, 0) is 42.2 Å². The first kappa shape index (κ1) is 36.3. The molecular weight excluding hydrogens is 624 g/mol. The molecule has 11 atom stereocenters. The predicted molar refractivity (Wildman–Crippen MR) is 158 cm³/mol. The second-order valence-corrected chi connectivity index (χ2v) is 11.9. The lowest BCUT2D eigenvalue weighted by atomic mass is 9.80. The molecule has 1 aromatic rings. The number of aliphatic hydroxyl groups is 5. The number of carbonyl (C=O) groups is 3. The number of phenolic OH excluding ortho intramolecular Hbond substituents is 1. The van der Waals surface area contributed by atoms with E-state index in [4.69, 9.17) is 28.4 Å². The van der Waals surface area contributed by atoms with E-state index >= 15 is 0 Å². The number of ether oxygens (including phenoxy) is 6. The maximum atomic E-state index is 12.7. The molecule has 1 aromatic carbocycles. The first-order valence-corrected chi connectivity index (χ1v) is 15.3. The number of aliphatic hydroxyl groups excluding tert-OH is 4. The summed E-state index contributed by atoms with van der Waals surface area (Å²) in [5, 5.41) is 63.0. The highest BCUT2D eigenvalue weighted by Gasteiger charge is 2.61. The lowest BCUT2D eigenvalue weighted by Crippen LogP contribution is -2.60. The van der Waals surface area contributed by atoms with Gasteiger partial charge in [0, 0.05) is 18.9 Å². The molecule has 2 aliphatic heterocycles. The number of hydrogen-bond donors (Lipinski definition) is 6. The van der Waals surface area contributed by atoms with Gasteiger partial charge in [0.15, 0.2) is 12.4 Å². The van der Waals surface area contributed by atoms with Crippen molar-refractivity contribution in [1.29, 1.82) is 0 Å². The average molecular weight is 667 g/mol. The van der Waals surface area contributed by atoms with Gasteiger partial charge in [0.05, 0.1) is 37.4 Å². The van der Waals surface area contributed by atoms with Crippen LogP contribution in [0.15, 0.2) is 42.2 Å². The van der Waals surface area contributed by atoms with E-state index < -0.39 is 97.6 Å². The van der Waals surface area contributed by atoms with Gasteiger partial charge in [-0.15, -0.1) is 0 Å². The van der Waals surface area contributed by atoms with Crippen LogP contribution in [0.5, 0.6) is 5.75 Å². The van der Waals surface area contributed by atoms with Gasteiger partial charge in [-0.1, -0.05) is 26.0 Å². The number of benzene rings is 1. The Hall–Kier alpha value is -3.57. The molecule has 4 rings (SSSR count). The highest BCUT2D eigenvalue weighted by atomic mass is 16.7. The van der Waals surface area contributed by atoms with E-state index in [2.05, 4.69) is 0 Å². The van der Waals surface area contributed by atoms with E-state index in [9.17, 15) is 45.0 Å². The van der Waals surface area contributed by atoms with Gasteiger partial charge in [-0.2, -0.15) is 0 Å². The summed E-state index contributed by atoms with van der Waals surface area (Å²) >= 11 is 0. The van der Waals surface area contributed by atoms with E-state index in [1.54, 1.807) is 26.0 Å². The van der Waals surface area contributed by atoms with Gasteiger partial charge in [0.25, 0.3) is 0 Å². The maximum Gasteiger partial charge on any atom is 0.331 e. The van der Waals surface area contributed by atoms with E-state index in [1.807, 2.05) is 0 Å². The fraction of sp³-hybridized carbons (Fsp3) is 0.594. The number of phenols is 1. The number of carbonyl (C=O) groups excluding carboxylic acids is 3. The topological polar surface area (TPSA) is 228 Å². The summed E-state index contributed by atoms with van der Waals surface area (Å²) in [6.07, 6.45) is -6.39. The quantitative estimate of drug-likeness (QED) is 0.0972. The van der Waals surface area contributed by atoms with Crippen molar-refractivity contribution in [2.75, 3.05) is 19.8 Å². The van der Waals surface area contributed by atoms with E-state index in [0.29, 0.717) is 17.6 Å². The summed E-state index contributed by atoms with van der Waals surface area (Å²) in [5.74, 6) is -4.50. The average Bonchev–Trinajstić information content (AvgIpc) is 3.32. The Kier molecular flexibility index (Phi) is 12.0. The maximum absolute atomic E-state index is 12.7. The summed E-state index contributed by atoms with van der Waals surface area (Å²) in [7, 11) is 0. The monoisotopic (exact) mass is 666 g/mol. The van der Waals surface area contributed by atoms with Gasteiger partial charge < -0.3 is 59.1 Å². The molecule has 6 N–H and O–H groups in total. The Labute approximate surface area is 270 Å². The number of esters is 3. The zero-order chi connectivity index (χ0) is 34.5. The van der Waals surface area contributed by atoms with E-state index in [1.165, 1.54) is 24.5 Å². The van der Waals surface area contributed by atoms with Crippen molar-refractivity contribution >= 4 is 24.0 Å². The number of aromatic hydroxyl groups is 1. The second-order valence-electron chi connectivity index (χ2n) is 11.9. The van der Waals surface area contributed by atoms with Gasteiger partial charge >= 0.3 is 17.9 Å². The summed E-state index contributed by atoms with van der Waals surface area (Å²) in [4.78, 5) is 37.0. The Morgan fingerprint density at radius 1 is 1.09 bits per heavy atom. The third kappa shape index (κ3) is 8.30. The SMILES string of the molecule is CC[C@@H](C)C(=O)O[C@@H]1OC=C(CO[C@@H]2O[C@H](CO)[C@@H](O)[C@H](O)[C@H]2OC(=O)/C=C\c2ccc(O)cc2)[C@H]2C[C@H](O)[C@](O)(COC(C)=O)[C@@H]12.